The van der Waals surface area contributed by atoms with Gasteiger partial charge in [0.1, 0.15) is 11.2 Å². The minimum absolute atomic E-state index is 0.893. The highest BCUT2D eigenvalue weighted by Crippen LogP contribution is 2.42. The number of hydrogen-bond donors (Lipinski definition) is 0. The number of nitrogens with zero attached hydrogens (tertiary/aromatic N) is 2. The van der Waals surface area contributed by atoms with Gasteiger partial charge in [-0.05, 0) is 141 Å². The van der Waals surface area contributed by atoms with E-state index < -0.39 is 0 Å². The van der Waals surface area contributed by atoms with E-state index >= 15 is 0 Å². The summed E-state index contributed by atoms with van der Waals surface area (Å²) in [5.41, 5.74) is 17.8. The third kappa shape index (κ3) is 6.76. The van der Waals surface area contributed by atoms with Crippen molar-refractivity contribution in [1.29, 1.82) is 0 Å². The lowest BCUT2D eigenvalue weighted by molar-refractivity contribution is 0.670. The van der Waals surface area contributed by atoms with Crippen molar-refractivity contribution in [2.45, 2.75) is 0 Å². The number of rotatable bonds is 8. The Bertz CT molecular complexity index is 3960. The summed E-state index contributed by atoms with van der Waals surface area (Å²) in [7, 11) is 0. The van der Waals surface area contributed by atoms with Crippen LogP contribution in [0.15, 0.2) is 259 Å². The molecule has 13 rings (SSSR count). The van der Waals surface area contributed by atoms with Crippen molar-refractivity contribution in [1.82, 2.24) is 4.57 Å². The lowest BCUT2D eigenvalue weighted by Crippen LogP contribution is -2.09. The third-order valence-electron chi connectivity index (χ3n) is 13.3. The van der Waals surface area contributed by atoms with Gasteiger partial charge >= 0.3 is 0 Å². The molecule has 11 aromatic carbocycles. The summed E-state index contributed by atoms with van der Waals surface area (Å²) in [6.07, 6.45) is 0. The van der Waals surface area contributed by atoms with Gasteiger partial charge in [-0.3, -0.25) is 0 Å². The SMILES string of the molecule is c1ccc(-c2ccc(N(c3ccccc3)c3ccc4cc(-c5cc(-c6ccc7c8ccccc8n(-c8ccccc8)c7c6)cc(-c6cccc7c6oc6ccccc67)c5)ccc4c3)cc2)cc1. The van der Waals surface area contributed by atoms with E-state index in [4.69, 9.17) is 4.42 Å². The number of anilines is 3. The number of hydrogen-bond acceptors (Lipinski definition) is 2. The van der Waals surface area contributed by atoms with Gasteiger partial charge in [-0.15, -0.1) is 0 Å². The van der Waals surface area contributed by atoms with Crippen LogP contribution >= 0.6 is 0 Å². The fourth-order valence-electron chi connectivity index (χ4n) is 10.1. The summed E-state index contributed by atoms with van der Waals surface area (Å²) in [5.74, 6) is 0. The van der Waals surface area contributed by atoms with Gasteiger partial charge in [0.25, 0.3) is 0 Å². The van der Waals surface area contributed by atoms with Crippen molar-refractivity contribution in [3.63, 3.8) is 0 Å². The van der Waals surface area contributed by atoms with Crippen molar-refractivity contribution in [3.05, 3.63) is 255 Å². The summed E-state index contributed by atoms with van der Waals surface area (Å²) in [5, 5.41) is 7.06. The van der Waals surface area contributed by atoms with Crippen LogP contribution < -0.4 is 4.90 Å². The van der Waals surface area contributed by atoms with E-state index in [0.717, 1.165) is 78.1 Å². The first-order valence-electron chi connectivity index (χ1n) is 22.9. The van der Waals surface area contributed by atoms with Crippen molar-refractivity contribution < 1.29 is 4.42 Å². The average Bonchev–Trinajstić information content (AvgIpc) is 3.95. The number of aromatic nitrogens is 1. The van der Waals surface area contributed by atoms with E-state index in [9.17, 15) is 0 Å². The quantitative estimate of drug-likeness (QED) is 0.152. The largest absolute Gasteiger partial charge is 0.455 e. The molecule has 0 aliphatic heterocycles. The number of benzene rings is 11. The number of fused-ring (bicyclic) bond motifs is 7. The van der Waals surface area contributed by atoms with E-state index in [0.29, 0.717) is 0 Å². The van der Waals surface area contributed by atoms with Gasteiger partial charge in [0.05, 0.1) is 11.0 Å². The van der Waals surface area contributed by atoms with Crippen LogP contribution in [-0.4, -0.2) is 4.57 Å². The maximum absolute atomic E-state index is 6.66. The highest BCUT2D eigenvalue weighted by atomic mass is 16.3. The van der Waals surface area contributed by atoms with Gasteiger partial charge in [0, 0.05) is 49.9 Å². The number of furan rings is 1. The molecular weight excluding hydrogens is 813 g/mol. The summed E-state index contributed by atoms with van der Waals surface area (Å²) in [6.45, 7) is 0. The fraction of sp³-hybridized carbons (Fsp3) is 0. The Hall–Kier alpha value is -8.92. The molecular formula is C64H42N2O. The second-order valence-corrected chi connectivity index (χ2v) is 17.3. The second kappa shape index (κ2) is 16.0. The molecule has 0 fully saturated rings. The molecule has 2 heterocycles. The Balaban J connectivity index is 0.953. The molecule has 0 aliphatic carbocycles. The number of para-hydroxylation sites is 5. The first-order chi connectivity index (χ1) is 33.2. The minimum Gasteiger partial charge on any atom is -0.455 e. The van der Waals surface area contributed by atoms with Crippen molar-refractivity contribution in [2.75, 3.05) is 4.90 Å². The lowest BCUT2D eigenvalue weighted by Gasteiger charge is -2.26. The maximum atomic E-state index is 6.66. The second-order valence-electron chi connectivity index (χ2n) is 17.3. The highest BCUT2D eigenvalue weighted by Gasteiger charge is 2.18. The van der Waals surface area contributed by atoms with Gasteiger partial charge in [-0.1, -0.05) is 164 Å². The van der Waals surface area contributed by atoms with E-state index in [2.05, 4.69) is 258 Å². The first-order valence-corrected chi connectivity index (χ1v) is 22.9. The molecule has 2 aromatic heterocycles. The monoisotopic (exact) mass is 854 g/mol. The molecule has 0 N–H and O–H groups in total. The molecule has 3 heteroatoms. The zero-order valence-corrected chi connectivity index (χ0v) is 36.6. The third-order valence-corrected chi connectivity index (χ3v) is 13.3. The summed E-state index contributed by atoms with van der Waals surface area (Å²) < 4.78 is 9.05. The van der Waals surface area contributed by atoms with E-state index in [1.807, 2.05) is 6.07 Å². The molecule has 0 radical (unpaired) electrons. The summed E-state index contributed by atoms with van der Waals surface area (Å²) in [6, 6.07) is 91.9. The van der Waals surface area contributed by atoms with Crippen molar-refractivity contribution >= 4 is 71.6 Å². The van der Waals surface area contributed by atoms with Crippen LogP contribution in [0.4, 0.5) is 17.1 Å². The average molecular weight is 855 g/mol. The maximum Gasteiger partial charge on any atom is 0.143 e. The molecule has 3 nitrogen and oxygen atoms in total. The van der Waals surface area contributed by atoms with Crippen LogP contribution in [0.5, 0.6) is 0 Å². The zero-order valence-electron chi connectivity index (χ0n) is 36.6. The van der Waals surface area contributed by atoms with Gasteiger partial charge in [0.15, 0.2) is 0 Å². The molecule has 0 saturated carbocycles. The van der Waals surface area contributed by atoms with Gasteiger partial charge in [-0.2, -0.15) is 0 Å². The smallest absolute Gasteiger partial charge is 0.143 e. The predicted molar refractivity (Wildman–Crippen MR) is 282 cm³/mol. The van der Waals surface area contributed by atoms with E-state index in [-0.39, 0.29) is 0 Å². The highest BCUT2D eigenvalue weighted by molar-refractivity contribution is 6.11. The Morgan fingerprint density at radius 2 is 0.851 bits per heavy atom. The molecule has 13 aromatic rings. The zero-order chi connectivity index (χ0) is 44.3. The summed E-state index contributed by atoms with van der Waals surface area (Å²) in [4.78, 5) is 2.34. The molecule has 0 spiro atoms. The first kappa shape index (κ1) is 38.5. The molecule has 0 saturated heterocycles. The van der Waals surface area contributed by atoms with Crippen LogP contribution in [0.1, 0.15) is 0 Å². The normalized spacial score (nSPS) is 11.6. The van der Waals surface area contributed by atoms with Crippen LogP contribution in [0.3, 0.4) is 0 Å². The van der Waals surface area contributed by atoms with Crippen LogP contribution in [-0.2, 0) is 0 Å². The Kier molecular flexibility index (Phi) is 9.17. The molecule has 67 heavy (non-hydrogen) atoms. The Morgan fingerprint density at radius 1 is 0.299 bits per heavy atom. The van der Waals surface area contributed by atoms with E-state index in [1.165, 1.54) is 43.7 Å². The van der Waals surface area contributed by atoms with E-state index in [1.54, 1.807) is 0 Å². The molecule has 0 unspecified atom stereocenters. The lowest BCUT2D eigenvalue weighted by atomic mass is 9.91. The summed E-state index contributed by atoms with van der Waals surface area (Å²) >= 11 is 0. The van der Waals surface area contributed by atoms with Crippen molar-refractivity contribution in [3.8, 4) is 50.2 Å². The molecule has 314 valence electrons. The van der Waals surface area contributed by atoms with Gasteiger partial charge in [0.2, 0.25) is 0 Å². The molecule has 0 atom stereocenters. The van der Waals surface area contributed by atoms with Gasteiger partial charge < -0.3 is 13.9 Å². The Morgan fingerprint density at radius 3 is 1.66 bits per heavy atom. The van der Waals surface area contributed by atoms with Gasteiger partial charge in [-0.25, -0.2) is 0 Å². The molecule has 0 amide bonds. The topological polar surface area (TPSA) is 21.3 Å². The molecule has 0 aliphatic rings. The molecule has 0 bridgehead atoms. The minimum atomic E-state index is 0.893. The van der Waals surface area contributed by atoms with Crippen molar-refractivity contribution in [2.24, 2.45) is 0 Å². The van der Waals surface area contributed by atoms with Crippen LogP contribution in [0.25, 0.3) is 105 Å². The predicted octanol–water partition coefficient (Wildman–Crippen LogP) is 18.0. The fourth-order valence-corrected chi connectivity index (χ4v) is 10.1. The van der Waals surface area contributed by atoms with Crippen LogP contribution in [0, 0.1) is 0 Å². The van der Waals surface area contributed by atoms with Crippen LogP contribution in [0.2, 0.25) is 0 Å². The standard InChI is InChI=1S/C64H42N2O/c1-4-15-43(16-5-1)44-29-33-54(34-30-44)65(52-17-6-2-7-18-52)55-35-31-45-37-46(27-28-47(45)41-55)49-38-50(40-51(39-49)56-23-14-24-60-59-22-11-13-26-63(59)67-64(56)60)48-32-36-58-57-21-10-12-25-61(57)66(62(58)42-48)53-19-8-3-9-20-53/h1-42H. The Labute approximate surface area is 388 Å².